The first-order valence-electron chi connectivity index (χ1n) is 3.50. The lowest BCUT2D eigenvalue weighted by molar-refractivity contribution is 0.580. The highest BCUT2D eigenvalue weighted by Gasteiger charge is 2.07. The average Bonchev–Trinajstić information content (AvgIpc) is 2.14. The minimum Gasteiger partial charge on any atom is -0.369 e. The van der Waals surface area contributed by atoms with E-state index >= 15 is 0 Å². The van der Waals surface area contributed by atoms with Gasteiger partial charge in [-0.3, -0.25) is 5.43 Å². The summed E-state index contributed by atoms with van der Waals surface area (Å²) in [6.07, 6.45) is 0. The molecule has 0 aliphatic rings. The van der Waals surface area contributed by atoms with Gasteiger partial charge >= 0.3 is 0 Å². The predicted octanol–water partition coefficient (Wildman–Crippen LogP) is 1.14. The van der Waals surface area contributed by atoms with Crippen LogP contribution in [0.2, 0.25) is 0 Å². The molecule has 0 atom stereocenters. The summed E-state index contributed by atoms with van der Waals surface area (Å²) in [5.41, 5.74) is 7.12. The van der Waals surface area contributed by atoms with Crippen molar-refractivity contribution < 1.29 is 8.78 Å². The second-order valence-electron chi connectivity index (χ2n) is 2.36. The Balaban J connectivity index is 3.16. The van der Waals surface area contributed by atoms with E-state index in [1.54, 1.807) is 0 Å². The third kappa shape index (κ3) is 2.39. The molecule has 0 aromatic heterocycles. The van der Waals surface area contributed by atoms with Crippen molar-refractivity contribution in [3.63, 3.8) is 0 Å². The molecule has 14 heavy (non-hydrogen) atoms. The number of guanidine groups is 1. The van der Waals surface area contributed by atoms with Crippen molar-refractivity contribution in [3.05, 3.63) is 28.2 Å². The number of benzene rings is 1. The van der Waals surface area contributed by atoms with E-state index in [9.17, 15) is 8.78 Å². The highest BCUT2D eigenvalue weighted by atomic mass is 79.9. The molecule has 76 valence electrons. The molecule has 1 rings (SSSR count). The number of aliphatic imine (C=N–C) groups is 1. The highest BCUT2D eigenvalue weighted by Crippen LogP contribution is 2.25. The molecular formula is C7H7BrF2N4. The molecule has 7 heteroatoms. The summed E-state index contributed by atoms with van der Waals surface area (Å²) in [4.78, 5) is 3.57. The molecule has 4 nitrogen and oxygen atoms in total. The number of hydrogen-bond donors (Lipinski definition) is 3. The van der Waals surface area contributed by atoms with Crippen molar-refractivity contribution in [1.29, 1.82) is 0 Å². The summed E-state index contributed by atoms with van der Waals surface area (Å²) >= 11 is 2.89. The molecule has 0 aliphatic carbocycles. The molecule has 0 bridgehead atoms. The zero-order valence-electron chi connectivity index (χ0n) is 6.89. The lowest BCUT2D eigenvalue weighted by Crippen LogP contribution is -2.36. The maximum absolute atomic E-state index is 13.0. The van der Waals surface area contributed by atoms with Crippen LogP contribution in [0.5, 0.6) is 0 Å². The van der Waals surface area contributed by atoms with E-state index in [-0.39, 0.29) is 16.1 Å². The standard InChI is InChI=1S/C7H7BrF2N4/c8-3-1-6(13-7(11)14-12)5(10)2-4(3)9/h1-2H,12H2,(H3,11,13,14). The van der Waals surface area contributed by atoms with E-state index in [2.05, 4.69) is 20.9 Å². The van der Waals surface area contributed by atoms with Crippen LogP contribution in [0, 0.1) is 11.6 Å². The van der Waals surface area contributed by atoms with Gasteiger partial charge in [0.2, 0.25) is 5.96 Å². The van der Waals surface area contributed by atoms with Crippen molar-refractivity contribution in [2.45, 2.75) is 0 Å². The highest BCUT2D eigenvalue weighted by molar-refractivity contribution is 9.10. The van der Waals surface area contributed by atoms with Gasteiger partial charge in [0.25, 0.3) is 0 Å². The van der Waals surface area contributed by atoms with Gasteiger partial charge in [0, 0.05) is 6.07 Å². The van der Waals surface area contributed by atoms with E-state index in [1.165, 1.54) is 0 Å². The van der Waals surface area contributed by atoms with E-state index in [1.807, 2.05) is 5.43 Å². The fraction of sp³-hybridized carbons (Fsp3) is 0. The fourth-order valence-electron chi connectivity index (χ4n) is 0.760. The number of nitrogens with zero attached hydrogens (tertiary/aromatic N) is 1. The van der Waals surface area contributed by atoms with Crippen molar-refractivity contribution in [2.75, 3.05) is 0 Å². The fourth-order valence-corrected chi connectivity index (χ4v) is 1.09. The SMILES string of the molecule is NNC(N)=Nc1cc(Br)c(F)cc1F. The van der Waals surface area contributed by atoms with Gasteiger partial charge < -0.3 is 5.73 Å². The Morgan fingerprint density at radius 3 is 2.57 bits per heavy atom. The molecule has 0 aliphatic heterocycles. The number of hydrogen-bond acceptors (Lipinski definition) is 2. The maximum atomic E-state index is 13.0. The summed E-state index contributed by atoms with van der Waals surface area (Å²) < 4.78 is 25.9. The summed E-state index contributed by atoms with van der Waals surface area (Å²) in [7, 11) is 0. The first-order chi connectivity index (χ1) is 6.54. The molecule has 0 spiro atoms. The van der Waals surface area contributed by atoms with Gasteiger partial charge in [-0.05, 0) is 22.0 Å². The molecular weight excluding hydrogens is 258 g/mol. The van der Waals surface area contributed by atoms with Crippen molar-refractivity contribution in [3.8, 4) is 0 Å². The first kappa shape index (κ1) is 10.9. The molecule has 0 saturated carbocycles. The van der Waals surface area contributed by atoms with Gasteiger partial charge in [-0.15, -0.1) is 0 Å². The van der Waals surface area contributed by atoms with Gasteiger partial charge in [0.1, 0.15) is 11.5 Å². The largest absolute Gasteiger partial charge is 0.369 e. The van der Waals surface area contributed by atoms with Crippen LogP contribution in [0.25, 0.3) is 0 Å². The van der Waals surface area contributed by atoms with Crippen LogP contribution in [0.3, 0.4) is 0 Å². The molecule has 5 N–H and O–H groups in total. The molecule has 0 heterocycles. The Kier molecular flexibility index (Phi) is 3.37. The van der Waals surface area contributed by atoms with Crippen LogP contribution in [0.4, 0.5) is 14.5 Å². The second-order valence-corrected chi connectivity index (χ2v) is 3.21. The summed E-state index contributed by atoms with van der Waals surface area (Å²) in [6.45, 7) is 0. The van der Waals surface area contributed by atoms with Crippen LogP contribution >= 0.6 is 15.9 Å². The number of nitrogens with one attached hydrogen (secondary N) is 1. The monoisotopic (exact) mass is 264 g/mol. The minimum atomic E-state index is -0.816. The van der Waals surface area contributed by atoms with Crippen LogP contribution in [0.15, 0.2) is 21.6 Å². The van der Waals surface area contributed by atoms with Gasteiger partial charge in [-0.1, -0.05) is 0 Å². The van der Waals surface area contributed by atoms with Crippen molar-refractivity contribution in [1.82, 2.24) is 5.43 Å². The number of hydrazine groups is 1. The van der Waals surface area contributed by atoms with Crippen molar-refractivity contribution >= 4 is 27.6 Å². The Labute approximate surface area is 87.1 Å². The van der Waals surface area contributed by atoms with Gasteiger partial charge in [0.05, 0.1) is 4.47 Å². The van der Waals surface area contributed by atoms with E-state index in [4.69, 9.17) is 11.6 Å². The van der Waals surface area contributed by atoms with E-state index in [0.717, 1.165) is 6.07 Å². The van der Waals surface area contributed by atoms with Gasteiger partial charge in [-0.2, -0.15) is 0 Å². The number of nitrogens with two attached hydrogens (primary N) is 2. The van der Waals surface area contributed by atoms with Crippen LogP contribution in [-0.2, 0) is 0 Å². The van der Waals surface area contributed by atoms with Crippen molar-refractivity contribution in [2.24, 2.45) is 16.6 Å². The smallest absolute Gasteiger partial charge is 0.208 e. The normalized spacial score (nSPS) is 11.6. The van der Waals surface area contributed by atoms with Crippen LogP contribution in [-0.4, -0.2) is 5.96 Å². The van der Waals surface area contributed by atoms with E-state index in [0.29, 0.717) is 6.07 Å². The lowest BCUT2D eigenvalue weighted by atomic mass is 10.3. The van der Waals surface area contributed by atoms with Gasteiger partial charge in [0.15, 0.2) is 5.82 Å². The predicted molar refractivity (Wildman–Crippen MR) is 52.7 cm³/mol. The zero-order valence-corrected chi connectivity index (χ0v) is 8.48. The molecule has 1 aromatic carbocycles. The third-order valence-corrected chi connectivity index (χ3v) is 1.99. The number of halogens is 3. The van der Waals surface area contributed by atoms with Crippen LogP contribution < -0.4 is 17.0 Å². The first-order valence-corrected chi connectivity index (χ1v) is 4.29. The summed E-state index contributed by atoms with van der Waals surface area (Å²) in [5, 5.41) is 0. The quantitative estimate of drug-likeness (QED) is 0.234. The average molecular weight is 265 g/mol. The Morgan fingerprint density at radius 1 is 1.36 bits per heavy atom. The number of rotatable bonds is 1. The molecule has 0 radical (unpaired) electrons. The zero-order chi connectivity index (χ0) is 10.7. The lowest BCUT2D eigenvalue weighted by Gasteiger charge is -2.01. The Hall–Kier alpha value is -1.21. The third-order valence-electron chi connectivity index (χ3n) is 1.38. The van der Waals surface area contributed by atoms with E-state index < -0.39 is 11.6 Å². The summed E-state index contributed by atoms with van der Waals surface area (Å²) in [6, 6.07) is 1.86. The molecule has 0 fully saturated rings. The molecule has 0 saturated heterocycles. The summed E-state index contributed by atoms with van der Waals surface area (Å²) in [5.74, 6) is 3.24. The second kappa shape index (κ2) is 4.34. The Bertz CT molecular complexity index is 380. The van der Waals surface area contributed by atoms with Gasteiger partial charge in [-0.25, -0.2) is 19.6 Å². The maximum Gasteiger partial charge on any atom is 0.208 e. The Morgan fingerprint density at radius 2 is 2.00 bits per heavy atom. The molecule has 1 aromatic rings. The molecule has 0 amide bonds. The van der Waals surface area contributed by atoms with Crippen LogP contribution in [0.1, 0.15) is 0 Å². The molecule has 0 unspecified atom stereocenters. The minimum absolute atomic E-state index is 0.0995. The topological polar surface area (TPSA) is 76.4 Å².